The Morgan fingerprint density at radius 2 is 2.10 bits per heavy atom. The Hall–Kier alpha value is -1.78. The van der Waals surface area contributed by atoms with Gasteiger partial charge >= 0.3 is 5.97 Å². The molecule has 0 saturated heterocycles. The Morgan fingerprint density at radius 3 is 2.75 bits per heavy atom. The Kier molecular flexibility index (Phi) is 5.21. The number of aliphatic carboxylic acids is 1. The van der Waals surface area contributed by atoms with Crippen LogP contribution in [0.3, 0.4) is 0 Å². The molecule has 0 radical (unpaired) electrons. The number of unbranched alkanes of at least 4 members (excludes halogenated alkanes) is 2. The van der Waals surface area contributed by atoms with E-state index in [0.29, 0.717) is 19.0 Å². The summed E-state index contributed by atoms with van der Waals surface area (Å²) in [5.74, 6) is -0.785. The molecule has 5 nitrogen and oxygen atoms in total. The van der Waals surface area contributed by atoms with E-state index in [-0.39, 0.29) is 12.3 Å². The number of hydrogen-bond acceptors (Lipinski definition) is 2. The van der Waals surface area contributed by atoms with Crippen LogP contribution >= 0.6 is 0 Å². The van der Waals surface area contributed by atoms with Crippen molar-refractivity contribution in [3.8, 4) is 0 Å². The minimum Gasteiger partial charge on any atom is -0.481 e. The maximum Gasteiger partial charge on any atom is 0.303 e. The second-order valence-corrected chi connectivity index (χ2v) is 5.35. The number of carboxylic acid groups (broad SMARTS) is 1. The summed E-state index contributed by atoms with van der Waals surface area (Å²) in [5, 5.41) is 11.4. The first-order chi connectivity index (χ1) is 9.68. The molecule has 0 unspecified atom stereocenters. The molecule has 110 valence electrons. The van der Waals surface area contributed by atoms with E-state index in [4.69, 9.17) is 5.11 Å². The smallest absolute Gasteiger partial charge is 0.303 e. The first kappa shape index (κ1) is 14.6. The molecule has 5 heteroatoms. The quantitative estimate of drug-likeness (QED) is 0.718. The summed E-state index contributed by atoms with van der Waals surface area (Å²) in [6, 6.07) is 4.26. The van der Waals surface area contributed by atoms with E-state index in [1.165, 1.54) is 6.42 Å². The fourth-order valence-corrected chi connectivity index (χ4v) is 2.44. The van der Waals surface area contributed by atoms with Crippen LogP contribution in [0, 0.1) is 0 Å². The van der Waals surface area contributed by atoms with Crippen LogP contribution < -0.4 is 5.32 Å². The molecule has 0 spiro atoms. The lowest BCUT2D eigenvalue weighted by Crippen LogP contribution is -2.29. The van der Waals surface area contributed by atoms with Gasteiger partial charge in [-0.05, 0) is 44.2 Å². The summed E-state index contributed by atoms with van der Waals surface area (Å²) in [6.45, 7) is 0.605. The van der Waals surface area contributed by atoms with Gasteiger partial charge in [0.25, 0.3) is 5.91 Å². The number of rotatable bonds is 8. The number of nitrogens with one attached hydrogen (secondary N) is 1. The Labute approximate surface area is 119 Å². The Bertz CT molecular complexity index is 463. The molecule has 1 aliphatic rings. The van der Waals surface area contributed by atoms with Gasteiger partial charge in [0.05, 0.1) is 0 Å². The van der Waals surface area contributed by atoms with Gasteiger partial charge in [0.15, 0.2) is 0 Å². The lowest BCUT2D eigenvalue weighted by atomic mass is 9.93. The summed E-state index contributed by atoms with van der Waals surface area (Å²) in [4.78, 5) is 22.4. The van der Waals surface area contributed by atoms with Crippen molar-refractivity contribution in [1.82, 2.24) is 9.88 Å². The standard InChI is InChI=1S/C15H22N2O3/c18-14(19)9-2-1-3-10-16-15(20)13-8-5-11-17(13)12-6-4-7-12/h5,8,11-12H,1-4,6-7,9-10H2,(H,16,20)(H,18,19). The van der Waals surface area contributed by atoms with Crippen molar-refractivity contribution in [3.05, 3.63) is 24.0 Å². The fourth-order valence-electron chi connectivity index (χ4n) is 2.44. The monoisotopic (exact) mass is 278 g/mol. The van der Waals surface area contributed by atoms with Crippen LogP contribution in [0.2, 0.25) is 0 Å². The van der Waals surface area contributed by atoms with E-state index in [1.54, 1.807) is 0 Å². The third kappa shape index (κ3) is 3.85. The molecule has 1 aromatic rings. The molecule has 2 N–H and O–H groups in total. The maximum absolute atomic E-state index is 12.1. The molecule has 1 aliphatic carbocycles. The number of carbonyl (C=O) groups excluding carboxylic acids is 1. The molecular formula is C15H22N2O3. The van der Waals surface area contributed by atoms with Gasteiger partial charge in [0.2, 0.25) is 0 Å². The number of carboxylic acids is 1. The molecule has 1 fully saturated rings. The van der Waals surface area contributed by atoms with E-state index in [0.717, 1.165) is 31.4 Å². The maximum atomic E-state index is 12.1. The first-order valence-electron chi connectivity index (χ1n) is 7.35. The minimum absolute atomic E-state index is 0.0277. The van der Waals surface area contributed by atoms with Crippen molar-refractivity contribution in [2.24, 2.45) is 0 Å². The second-order valence-electron chi connectivity index (χ2n) is 5.35. The number of nitrogens with zero attached hydrogens (tertiary/aromatic N) is 1. The van der Waals surface area contributed by atoms with Crippen molar-refractivity contribution in [3.63, 3.8) is 0 Å². The molecule has 1 saturated carbocycles. The van der Waals surface area contributed by atoms with E-state index in [9.17, 15) is 9.59 Å². The average molecular weight is 278 g/mol. The third-order valence-corrected chi connectivity index (χ3v) is 3.83. The van der Waals surface area contributed by atoms with Gasteiger partial charge in [0, 0.05) is 25.2 Å². The Balaban J connectivity index is 1.69. The summed E-state index contributed by atoms with van der Waals surface area (Å²) in [6.07, 6.45) is 8.06. The zero-order valence-electron chi connectivity index (χ0n) is 11.7. The van der Waals surface area contributed by atoms with Crippen molar-refractivity contribution in [1.29, 1.82) is 0 Å². The molecule has 0 bridgehead atoms. The van der Waals surface area contributed by atoms with Gasteiger partial charge in [-0.15, -0.1) is 0 Å². The fraction of sp³-hybridized carbons (Fsp3) is 0.600. The largest absolute Gasteiger partial charge is 0.481 e. The lowest BCUT2D eigenvalue weighted by Gasteiger charge is -2.28. The van der Waals surface area contributed by atoms with Crippen molar-refractivity contribution < 1.29 is 14.7 Å². The molecule has 1 heterocycles. The molecular weight excluding hydrogens is 256 g/mol. The van der Waals surface area contributed by atoms with Crippen LogP contribution in [0.1, 0.15) is 61.5 Å². The van der Waals surface area contributed by atoms with Gasteiger partial charge in [-0.2, -0.15) is 0 Å². The number of aromatic nitrogens is 1. The molecule has 0 atom stereocenters. The normalized spacial score (nSPS) is 14.8. The van der Waals surface area contributed by atoms with Crippen LogP contribution in [0.25, 0.3) is 0 Å². The zero-order chi connectivity index (χ0) is 14.4. The van der Waals surface area contributed by atoms with Crippen LogP contribution in [0.4, 0.5) is 0 Å². The summed E-state index contributed by atoms with van der Waals surface area (Å²) in [7, 11) is 0. The summed E-state index contributed by atoms with van der Waals surface area (Å²) in [5.41, 5.74) is 0.736. The van der Waals surface area contributed by atoms with Gasteiger partial charge in [0.1, 0.15) is 5.69 Å². The summed E-state index contributed by atoms with van der Waals surface area (Å²) >= 11 is 0. The molecule has 1 amide bonds. The summed E-state index contributed by atoms with van der Waals surface area (Å²) < 4.78 is 2.07. The molecule has 2 rings (SSSR count). The number of hydrogen-bond donors (Lipinski definition) is 2. The van der Waals surface area contributed by atoms with E-state index in [1.807, 2.05) is 18.3 Å². The third-order valence-electron chi connectivity index (χ3n) is 3.83. The Morgan fingerprint density at radius 1 is 1.30 bits per heavy atom. The zero-order valence-corrected chi connectivity index (χ0v) is 11.7. The SMILES string of the molecule is O=C(O)CCCCCNC(=O)c1cccn1C1CCC1. The van der Waals surface area contributed by atoms with Crippen molar-refractivity contribution >= 4 is 11.9 Å². The topological polar surface area (TPSA) is 71.3 Å². The van der Waals surface area contributed by atoms with E-state index < -0.39 is 5.97 Å². The predicted molar refractivity (Wildman–Crippen MR) is 75.8 cm³/mol. The first-order valence-corrected chi connectivity index (χ1v) is 7.35. The molecule has 0 aliphatic heterocycles. The van der Waals surface area contributed by atoms with E-state index >= 15 is 0 Å². The number of carbonyl (C=O) groups is 2. The minimum atomic E-state index is -0.757. The van der Waals surface area contributed by atoms with Crippen molar-refractivity contribution in [2.45, 2.75) is 51.0 Å². The highest BCUT2D eigenvalue weighted by Gasteiger charge is 2.22. The number of amides is 1. The van der Waals surface area contributed by atoms with Crippen LogP contribution in [0.15, 0.2) is 18.3 Å². The molecule has 0 aromatic carbocycles. The van der Waals surface area contributed by atoms with Crippen LogP contribution in [-0.4, -0.2) is 28.1 Å². The van der Waals surface area contributed by atoms with Gasteiger partial charge < -0.3 is 15.0 Å². The highest BCUT2D eigenvalue weighted by Crippen LogP contribution is 2.32. The van der Waals surface area contributed by atoms with Gasteiger partial charge in [-0.3, -0.25) is 9.59 Å². The van der Waals surface area contributed by atoms with Crippen LogP contribution in [0.5, 0.6) is 0 Å². The molecule has 20 heavy (non-hydrogen) atoms. The van der Waals surface area contributed by atoms with Gasteiger partial charge in [-0.1, -0.05) is 6.42 Å². The van der Waals surface area contributed by atoms with Crippen molar-refractivity contribution in [2.75, 3.05) is 6.54 Å². The lowest BCUT2D eigenvalue weighted by molar-refractivity contribution is -0.137. The average Bonchev–Trinajstić information content (AvgIpc) is 2.79. The highest BCUT2D eigenvalue weighted by atomic mass is 16.4. The van der Waals surface area contributed by atoms with Crippen LogP contribution in [-0.2, 0) is 4.79 Å². The predicted octanol–water partition coefficient (Wildman–Crippen LogP) is 2.59. The van der Waals surface area contributed by atoms with Gasteiger partial charge in [-0.25, -0.2) is 0 Å². The highest BCUT2D eigenvalue weighted by molar-refractivity contribution is 5.92. The van der Waals surface area contributed by atoms with E-state index in [2.05, 4.69) is 9.88 Å². The molecule has 1 aromatic heterocycles. The second kappa shape index (κ2) is 7.12.